The third-order valence-electron chi connectivity index (χ3n) is 4.02. The molecule has 2 aliphatic carbocycles. The highest BCUT2D eigenvalue weighted by Crippen LogP contribution is 2.33. The van der Waals surface area contributed by atoms with Crippen LogP contribution in [-0.4, -0.2) is 12.6 Å². The van der Waals surface area contributed by atoms with Crippen LogP contribution in [0.4, 0.5) is 0 Å². The van der Waals surface area contributed by atoms with Crippen molar-refractivity contribution in [3.8, 4) is 5.75 Å². The van der Waals surface area contributed by atoms with Crippen molar-refractivity contribution in [2.75, 3.05) is 6.61 Å². The molecule has 2 nitrogen and oxygen atoms in total. The van der Waals surface area contributed by atoms with Gasteiger partial charge in [0.25, 0.3) is 0 Å². The second-order valence-electron chi connectivity index (χ2n) is 5.42. The normalized spacial score (nSPS) is 20.1. The van der Waals surface area contributed by atoms with E-state index in [1.54, 1.807) is 0 Å². The van der Waals surface area contributed by atoms with Crippen LogP contribution in [0.25, 0.3) is 0 Å². The third-order valence-corrected chi connectivity index (χ3v) is 4.02. The van der Waals surface area contributed by atoms with E-state index in [4.69, 9.17) is 10.5 Å². The van der Waals surface area contributed by atoms with E-state index in [9.17, 15) is 0 Å². The van der Waals surface area contributed by atoms with Crippen LogP contribution in [0.3, 0.4) is 0 Å². The molecule has 0 amide bonds. The molecule has 1 atom stereocenters. The van der Waals surface area contributed by atoms with Gasteiger partial charge >= 0.3 is 0 Å². The molecule has 0 bridgehead atoms. The zero-order chi connectivity index (χ0) is 11.7. The summed E-state index contributed by atoms with van der Waals surface area (Å²) in [5.41, 5.74) is 9.04. The van der Waals surface area contributed by atoms with Crippen molar-refractivity contribution in [3.63, 3.8) is 0 Å². The highest BCUT2D eigenvalue weighted by Gasteiger charge is 2.28. The highest BCUT2D eigenvalue weighted by molar-refractivity contribution is 5.38. The van der Waals surface area contributed by atoms with Crippen molar-refractivity contribution in [2.45, 2.75) is 44.6 Å². The first-order chi connectivity index (χ1) is 8.33. The van der Waals surface area contributed by atoms with Crippen LogP contribution in [0.1, 0.15) is 36.8 Å². The van der Waals surface area contributed by atoms with Crippen molar-refractivity contribution in [3.05, 3.63) is 29.3 Å². The Bertz CT molecular complexity index is 398. The van der Waals surface area contributed by atoms with Crippen LogP contribution in [-0.2, 0) is 12.8 Å². The number of ether oxygens (including phenoxy) is 1. The standard InChI is InChI=1S/C15H21NO/c16-15(12-4-5-12)8-9-17-14-7-6-11-2-1-3-13(11)10-14/h6-7,10,12,15H,1-5,8-9,16H2. The minimum atomic E-state index is 0.351. The second kappa shape index (κ2) is 4.69. The molecule has 0 saturated heterocycles. The molecular formula is C15H21NO. The first-order valence-corrected chi connectivity index (χ1v) is 6.83. The fraction of sp³-hybridized carbons (Fsp3) is 0.600. The summed E-state index contributed by atoms with van der Waals surface area (Å²) in [5, 5.41) is 0. The summed E-state index contributed by atoms with van der Waals surface area (Å²) in [5.74, 6) is 1.80. The number of aryl methyl sites for hydroxylation is 2. The van der Waals surface area contributed by atoms with Crippen molar-refractivity contribution < 1.29 is 4.74 Å². The first-order valence-electron chi connectivity index (χ1n) is 6.83. The first kappa shape index (κ1) is 11.1. The number of nitrogens with two attached hydrogens (primary N) is 1. The number of hydrogen-bond acceptors (Lipinski definition) is 2. The summed E-state index contributed by atoms with van der Waals surface area (Å²) >= 11 is 0. The maximum absolute atomic E-state index is 6.05. The van der Waals surface area contributed by atoms with E-state index in [1.165, 1.54) is 43.2 Å². The lowest BCUT2D eigenvalue weighted by Crippen LogP contribution is -2.24. The number of rotatable bonds is 5. The van der Waals surface area contributed by atoms with E-state index in [0.717, 1.165) is 24.7 Å². The van der Waals surface area contributed by atoms with E-state index in [2.05, 4.69) is 18.2 Å². The number of fused-ring (bicyclic) bond motifs is 1. The van der Waals surface area contributed by atoms with Gasteiger partial charge in [-0.25, -0.2) is 0 Å². The topological polar surface area (TPSA) is 35.2 Å². The Hall–Kier alpha value is -1.02. The minimum Gasteiger partial charge on any atom is -0.494 e. The Kier molecular flexibility index (Phi) is 3.06. The Labute approximate surface area is 103 Å². The lowest BCUT2D eigenvalue weighted by molar-refractivity contribution is 0.291. The zero-order valence-corrected chi connectivity index (χ0v) is 10.3. The van der Waals surface area contributed by atoms with Crippen LogP contribution in [0, 0.1) is 5.92 Å². The molecule has 2 N–H and O–H groups in total. The van der Waals surface area contributed by atoms with Gasteiger partial charge < -0.3 is 10.5 Å². The van der Waals surface area contributed by atoms with Gasteiger partial charge in [0.2, 0.25) is 0 Å². The van der Waals surface area contributed by atoms with E-state index in [0.29, 0.717) is 6.04 Å². The second-order valence-corrected chi connectivity index (χ2v) is 5.42. The maximum atomic E-state index is 6.05. The molecule has 2 heteroatoms. The van der Waals surface area contributed by atoms with E-state index in [1.807, 2.05) is 0 Å². The molecule has 1 unspecified atom stereocenters. The van der Waals surface area contributed by atoms with Gasteiger partial charge in [-0.3, -0.25) is 0 Å². The molecule has 0 aromatic heterocycles. The Balaban J connectivity index is 1.51. The van der Waals surface area contributed by atoms with Crippen molar-refractivity contribution in [2.24, 2.45) is 11.7 Å². The lowest BCUT2D eigenvalue weighted by Gasteiger charge is -2.12. The van der Waals surface area contributed by atoms with Gasteiger partial charge in [0, 0.05) is 6.04 Å². The van der Waals surface area contributed by atoms with Gasteiger partial charge in [0.05, 0.1) is 6.61 Å². The Morgan fingerprint density at radius 1 is 1.24 bits per heavy atom. The summed E-state index contributed by atoms with van der Waals surface area (Å²) < 4.78 is 5.80. The number of benzene rings is 1. The summed E-state index contributed by atoms with van der Waals surface area (Å²) in [6, 6.07) is 6.89. The average Bonchev–Trinajstić information content (AvgIpc) is 3.08. The zero-order valence-electron chi connectivity index (χ0n) is 10.3. The SMILES string of the molecule is NC(CCOc1ccc2c(c1)CCC2)C1CC1. The van der Waals surface area contributed by atoms with Gasteiger partial charge in [-0.15, -0.1) is 0 Å². The van der Waals surface area contributed by atoms with Crippen LogP contribution in [0.5, 0.6) is 5.75 Å². The quantitative estimate of drug-likeness (QED) is 0.845. The van der Waals surface area contributed by atoms with Gasteiger partial charge in [-0.2, -0.15) is 0 Å². The van der Waals surface area contributed by atoms with Crippen LogP contribution < -0.4 is 10.5 Å². The lowest BCUT2D eigenvalue weighted by atomic mass is 10.1. The predicted molar refractivity (Wildman–Crippen MR) is 69.3 cm³/mol. The molecule has 2 aliphatic rings. The molecule has 1 aromatic carbocycles. The predicted octanol–water partition coefficient (Wildman–Crippen LogP) is 2.68. The van der Waals surface area contributed by atoms with Crippen molar-refractivity contribution >= 4 is 0 Å². The highest BCUT2D eigenvalue weighted by atomic mass is 16.5. The van der Waals surface area contributed by atoms with Crippen LogP contribution >= 0.6 is 0 Å². The molecule has 1 fully saturated rings. The largest absolute Gasteiger partial charge is 0.494 e. The third kappa shape index (κ3) is 2.63. The monoisotopic (exact) mass is 231 g/mol. The van der Waals surface area contributed by atoms with Crippen molar-refractivity contribution in [1.29, 1.82) is 0 Å². The Morgan fingerprint density at radius 2 is 2.06 bits per heavy atom. The van der Waals surface area contributed by atoms with Gasteiger partial charge in [-0.1, -0.05) is 6.07 Å². The van der Waals surface area contributed by atoms with E-state index >= 15 is 0 Å². The molecule has 1 saturated carbocycles. The van der Waals surface area contributed by atoms with E-state index < -0.39 is 0 Å². The molecule has 1 aromatic rings. The van der Waals surface area contributed by atoms with Gasteiger partial charge in [-0.05, 0) is 67.7 Å². The van der Waals surface area contributed by atoms with Crippen LogP contribution in [0.2, 0.25) is 0 Å². The molecule has 0 radical (unpaired) electrons. The van der Waals surface area contributed by atoms with Gasteiger partial charge in [0.15, 0.2) is 0 Å². The number of hydrogen-bond donors (Lipinski definition) is 1. The Morgan fingerprint density at radius 3 is 2.88 bits per heavy atom. The molecule has 0 aliphatic heterocycles. The molecular weight excluding hydrogens is 210 g/mol. The molecule has 3 rings (SSSR count). The van der Waals surface area contributed by atoms with Crippen molar-refractivity contribution in [1.82, 2.24) is 0 Å². The maximum Gasteiger partial charge on any atom is 0.119 e. The molecule has 0 heterocycles. The fourth-order valence-corrected chi connectivity index (χ4v) is 2.71. The summed E-state index contributed by atoms with van der Waals surface area (Å²) in [7, 11) is 0. The van der Waals surface area contributed by atoms with Gasteiger partial charge in [0.1, 0.15) is 5.75 Å². The summed E-state index contributed by atoms with van der Waals surface area (Å²) in [4.78, 5) is 0. The smallest absolute Gasteiger partial charge is 0.119 e. The molecule has 0 spiro atoms. The molecule has 92 valence electrons. The average molecular weight is 231 g/mol. The summed E-state index contributed by atoms with van der Waals surface area (Å²) in [6.07, 6.45) is 7.38. The van der Waals surface area contributed by atoms with Crippen LogP contribution in [0.15, 0.2) is 18.2 Å². The van der Waals surface area contributed by atoms with E-state index in [-0.39, 0.29) is 0 Å². The minimum absolute atomic E-state index is 0.351. The molecule has 17 heavy (non-hydrogen) atoms. The fourth-order valence-electron chi connectivity index (χ4n) is 2.71. The summed E-state index contributed by atoms with van der Waals surface area (Å²) in [6.45, 7) is 0.760.